The van der Waals surface area contributed by atoms with Crippen molar-refractivity contribution >= 4 is 0 Å². The minimum absolute atomic E-state index is 0.408. The van der Waals surface area contributed by atoms with Gasteiger partial charge in [0.2, 0.25) is 0 Å². The maximum absolute atomic E-state index is 4.21. The van der Waals surface area contributed by atoms with Gasteiger partial charge in [-0.05, 0) is 38.3 Å². The summed E-state index contributed by atoms with van der Waals surface area (Å²) in [5.74, 6) is 1.02. The number of nitrogens with zero attached hydrogens (tertiary/aromatic N) is 2. The predicted molar refractivity (Wildman–Crippen MR) is 70.8 cm³/mol. The Hall–Kier alpha value is -0.830. The van der Waals surface area contributed by atoms with E-state index in [2.05, 4.69) is 23.4 Å². The standard InChI is InChI=1S/C14H25N3/c1-12(14-9-11-16-17(14)2)15-10-5-8-13-6-3-4-7-13/h9,11-13,15H,3-8,10H2,1-2H3. The second-order valence-electron chi connectivity index (χ2n) is 5.35. The fourth-order valence-corrected chi connectivity index (χ4v) is 2.92. The van der Waals surface area contributed by atoms with E-state index in [1.54, 1.807) is 0 Å². The summed E-state index contributed by atoms with van der Waals surface area (Å²) in [7, 11) is 2.01. The number of nitrogens with one attached hydrogen (secondary N) is 1. The molecule has 0 bridgehead atoms. The fourth-order valence-electron chi connectivity index (χ4n) is 2.92. The van der Waals surface area contributed by atoms with E-state index < -0.39 is 0 Å². The topological polar surface area (TPSA) is 29.9 Å². The van der Waals surface area contributed by atoms with E-state index in [4.69, 9.17) is 0 Å². The molecule has 0 radical (unpaired) electrons. The van der Waals surface area contributed by atoms with Crippen LogP contribution in [-0.2, 0) is 7.05 Å². The van der Waals surface area contributed by atoms with Gasteiger partial charge in [-0.25, -0.2) is 0 Å². The average molecular weight is 235 g/mol. The van der Waals surface area contributed by atoms with Crippen molar-refractivity contribution in [2.45, 2.75) is 51.5 Å². The number of rotatable bonds is 6. The Bertz CT molecular complexity index is 326. The van der Waals surface area contributed by atoms with E-state index >= 15 is 0 Å². The van der Waals surface area contributed by atoms with Gasteiger partial charge in [-0.3, -0.25) is 4.68 Å². The van der Waals surface area contributed by atoms with Crippen molar-refractivity contribution in [3.05, 3.63) is 18.0 Å². The molecule has 1 aliphatic carbocycles. The van der Waals surface area contributed by atoms with Crippen LogP contribution in [0.15, 0.2) is 12.3 Å². The van der Waals surface area contributed by atoms with E-state index in [0.717, 1.165) is 12.5 Å². The van der Waals surface area contributed by atoms with Gasteiger partial charge in [0, 0.05) is 19.3 Å². The van der Waals surface area contributed by atoms with Crippen LogP contribution in [0.2, 0.25) is 0 Å². The molecule has 3 nitrogen and oxygen atoms in total. The fraction of sp³-hybridized carbons (Fsp3) is 0.786. The zero-order chi connectivity index (χ0) is 12.1. The van der Waals surface area contributed by atoms with Gasteiger partial charge in [0.05, 0.1) is 5.69 Å². The van der Waals surface area contributed by atoms with Crippen molar-refractivity contribution in [1.82, 2.24) is 15.1 Å². The van der Waals surface area contributed by atoms with Crippen molar-refractivity contribution in [2.75, 3.05) is 6.54 Å². The molecule has 1 heterocycles. The van der Waals surface area contributed by atoms with E-state index in [1.807, 2.05) is 17.9 Å². The van der Waals surface area contributed by atoms with Gasteiger partial charge >= 0.3 is 0 Å². The number of hydrogen-bond donors (Lipinski definition) is 1. The molecular weight excluding hydrogens is 210 g/mol. The van der Waals surface area contributed by atoms with Gasteiger partial charge in [-0.1, -0.05) is 25.7 Å². The molecule has 1 saturated carbocycles. The first-order valence-electron chi connectivity index (χ1n) is 6.98. The third-order valence-corrected chi connectivity index (χ3v) is 4.02. The number of aromatic nitrogens is 2. The lowest BCUT2D eigenvalue weighted by Gasteiger charge is -2.15. The van der Waals surface area contributed by atoms with Crippen LogP contribution in [0.5, 0.6) is 0 Å². The lowest BCUT2D eigenvalue weighted by atomic mass is 10.0. The molecule has 1 aliphatic rings. The minimum atomic E-state index is 0.408. The van der Waals surface area contributed by atoms with Crippen LogP contribution in [0.1, 0.15) is 57.2 Å². The molecule has 3 heteroatoms. The van der Waals surface area contributed by atoms with E-state index in [-0.39, 0.29) is 0 Å². The highest BCUT2D eigenvalue weighted by Crippen LogP contribution is 2.28. The molecule has 0 aromatic carbocycles. The van der Waals surface area contributed by atoms with Gasteiger partial charge in [0.1, 0.15) is 0 Å². The normalized spacial score (nSPS) is 18.7. The van der Waals surface area contributed by atoms with Gasteiger partial charge in [-0.2, -0.15) is 5.10 Å². The second kappa shape index (κ2) is 6.20. The molecule has 17 heavy (non-hydrogen) atoms. The molecule has 1 N–H and O–H groups in total. The monoisotopic (exact) mass is 235 g/mol. The Labute approximate surface area is 105 Å². The highest BCUT2D eigenvalue weighted by Gasteiger charge is 2.14. The summed E-state index contributed by atoms with van der Waals surface area (Å²) in [5.41, 5.74) is 1.27. The first kappa shape index (κ1) is 12.6. The van der Waals surface area contributed by atoms with Crippen LogP contribution in [0.3, 0.4) is 0 Å². The van der Waals surface area contributed by atoms with Crippen LogP contribution in [0.4, 0.5) is 0 Å². The van der Waals surface area contributed by atoms with E-state index in [1.165, 1.54) is 44.2 Å². The molecule has 1 aromatic rings. The number of aryl methyl sites for hydroxylation is 1. The summed E-state index contributed by atoms with van der Waals surface area (Å²) < 4.78 is 1.95. The molecule has 0 saturated heterocycles. The predicted octanol–water partition coefficient (Wildman–Crippen LogP) is 3.04. The summed E-state index contributed by atoms with van der Waals surface area (Å²) in [6.45, 7) is 3.34. The minimum Gasteiger partial charge on any atom is -0.309 e. The Morgan fingerprint density at radius 1 is 1.47 bits per heavy atom. The first-order valence-corrected chi connectivity index (χ1v) is 6.98. The highest BCUT2D eigenvalue weighted by atomic mass is 15.3. The SMILES string of the molecule is CC(NCCCC1CCCC1)c1ccnn1C. The second-order valence-corrected chi connectivity index (χ2v) is 5.35. The van der Waals surface area contributed by atoms with Crippen LogP contribution >= 0.6 is 0 Å². The van der Waals surface area contributed by atoms with Crippen LogP contribution in [0.25, 0.3) is 0 Å². The quantitative estimate of drug-likeness (QED) is 0.768. The summed E-state index contributed by atoms with van der Waals surface area (Å²) in [4.78, 5) is 0. The Balaban J connectivity index is 1.63. The van der Waals surface area contributed by atoms with Crippen molar-refractivity contribution in [1.29, 1.82) is 0 Å². The molecule has 0 amide bonds. The summed E-state index contributed by atoms with van der Waals surface area (Å²) >= 11 is 0. The third kappa shape index (κ3) is 3.56. The Morgan fingerprint density at radius 3 is 2.88 bits per heavy atom. The molecule has 0 spiro atoms. The third-order valence-electron chi connectivity index (χ3n) is 4.02. The summed E-state index contributed by atoms with van der Waals surface area (Å²) in [5, 5.41) is 7.79. The Morgan fingerprint density at radius 2 is 2.24 bits per heavy atom. The lowest BCUT2D eigenvalue weighted by Crippen LogP contribution is -2.22. The van der Waals surface area contributed by atoms with Crippen molar-refractivity contribution in [3.63, 3.8) is 0 Å². The molecule has 0 aliphatic heterocycles. The maximum Gasteiger partial charge on any atom is 0.0547 e. The first-order chi connectivity index (χ1) is 8.27. The average Bonchev–Trinajstić information content (AvgIpc) is 2.95. The van der Waals surface area contributed by atoms with E-state index in [9.17, 15) is 0 Å². The molecule has 1 aromatic heterocycles. The van der Waals surface area contributed by atoms with Crippen molar-refractivity contribution in [2.24, 2.45) is 13.0 Å². The van der Waals surface area contributed by atoms with Crippen molar-refractivity contribution < 1.29 is 0 Å². The van der Waals surface area contributed by atoms with Crippen LogP contribution < -0.4 is 5.32 Å². The van der Waals surface area contributed by atoms with Gasteiger partial charge in [0.15, 0.2) is 0 Å². The molecule has 1 atom stereocenters. The lowest BCUT2D eigenvalue weighted by molar-refractivity contribution is 0.449. The molecule has 1 unspecified atom stereocenters. The van der Waals surface area contributed by atoms with Gasteiger partial charge in [0.25, 0.3) is 0 Å². The largest absolute Gasteiger partial charge is 0.309 e. The number of hydrogen-bond acceptors (Lipinski definition) is 2. The van der Waals surface area contributed by atoms with Gasteiger partial charge < -0.3 is 5.32 Å². The van der Waals surface area contributed by atoms with E-state index in [0.29, 0.717) is 6.04 Å². The summed E-state index contributed by atoms with van der Waals surface area (Å²) in [6, 6.07) is 2.50. The molecular formula is C14H25N3. The molecule has 1 fully saturated rings. The molecule has 96 valence electrons. The zero-order valence-electron chi connectivity index (χ0n) is 11.2. The smallest absolute Gasteiger partial charge is 0.0547 e. The van der Waals surface area contributed by atoms with Crippen LogP contribution in [0, 0.1) is 5.92 Å². The van der Waals surface area contributed by atoms with Crippen molar-refractivity contribution in [3.8, 4) is 0 Å². The highest BCUT2D eigenvalue weighted by molar-refractivity contribution is 5.04. The zero-order valence-corrected chi connectivity index (χ0v) is 11.2. The van der Waals surface area contributed by atoms with Gasteiger partial charge in [-0.15, -0.1) is 0 Å². The summed E-state index contributed by atoms with van der Waals surface area (Å²) in [6.07, 6.45) is 10.5. The van der Waals surface area contributed by atoms with Crippen LogP contribution in [-0.4, -0.2) is 16.3 Å². The Kier molecular flexibility index (Phi) is 4.60. The maximum atomic E-state index is 4.21. The molecule has 2 rings (SSSR count).